The maximum Gasteiger partial charge on any atom is 0.296 e. The lowest BCUT2D eigenvalue weighted by atomic mass is 10.1. The summed E-state index contributed by atoms with van der Waals surface area (Å²) < 4.78 is 32.7. The average molecular weight is 371 g/mol. The van der Waals surface area contributed by atoms with E-state index < -0.39 is 10.1 Å². The first kappa shape index (κ1) is 15.9. The Morgan fingerprint density at radius 2 is 1.61 bits per heavy atom. The van der Waals surface area contributed by atoms with Crippen LogP contribution in [0.5, 0.6) is 0 Å². The van der Waals surface area contributed by atoms with Crippen LogP contribution in [-0.4, -0.2) is 27.9 Å². The van der Waals surface area contributed by atoms with Gasteiger partial charge in [0.2, 0.25) is 16.5 Å². The van der Waals surface area contributed by atoms with E-state index >= 15 is 0 Å². The van der Waals surface area contributed by atoms with Crippen LogP contribution in [0.1, 0.15) is 0 Å². The summed E-state index contributed by atoms with van der Waals surface area (Å²) in [7, 11) is -4.46. The summed E-state index contributed by atoms with van der Waals surface area (Å²) in [5.41, 5.74) is 0.115. The molecule has 3 rings (SSSR count). The van der Waals surface area contributed by atoms with E-state index in [0.29, 0.717) is 5.39 Å². The van der Waals surface area contributed by atoms with Crippen molar-refractivity contribution in [3.05, 3.63) is 47.0 Å². The molecule has 2 aromatic carbocycles. The molecular formula is C13H8Cl2N4O3S. The van der Waals surface area contributed by atoms with E-state index in [9.17, 15) is 13.0 Å². The van der Waals surface area contributed by atoms with Crippen LogP contribution in [0.3, 0.4) is 0 Å². The molecule has 0 unspecified atom stereocenters. The van der Waals surface area contributed by atoms with E-state index in [-0.39, 0.29) is 27.1 Å². The molecule has 2 N–H and O–H groups in total. The van der Waals surface area contributed by atoms with Gasteiger partial charge in [0.1, 0.15) is 4.90 Å². The highest BCUT2D eigenvalue weighted by molar-refractivity contribution is 7.86. The second kappa shape index (κ2) is 5.89. The van der Waals surface area contributed by atoms with Gasteiger partial charge in [-0.15, -0.1) is 0 Å². The zero-order valence-corrected chi connectivity index (χ0v) is 13.6. The SMILES string of the molecule is O=S(=O)(O)c1ccc2ccccc2c1Nc1nc(Cl)nc(Cl)n1. The summed E-state index contributed by atoms with van der Waals surface area (Å²) in [6.07, 6.45) is 0. The zero-order chi connectivity index (χ0) is 16.6. The van der Waals surface area contributed by atoms with E-state index in [1.165, 1.54) is 6.07 Å². The Morgan fingerprint density at radius 3 is 2.26 bits per heavy atom. The number of fused-ring (bicyclic) bond motifs is 1. The second-order valence-electron chi connectivity index (χ2n) is 4.46. The summed E-state index contributed by atoms with van der Waals surface area (Å²) >= 11 is 11.4. The number of nitrogens with zero attached hydrogens (tertiary/aromatic N) is 3. The number of hydrogen-bond acceptors (Lipinski definition) is 6. The molecule has 0 spiro atoms. The molecule has 0 aliphatic heterocycles. The summed E-state index contributed by atoms with van der Waals surface area (Å²) in [5, 5.41) is 3.74. The number of rotatable bonds is 3. The lowest BCUT2D eigenvalue weighted by molar-refractivity contribution is 0.483. The van der Waals surface area contributed by atoms with E-state index in [4.69, 9.17) is 23.2 Å². The molecule has 0 aliphatic rings. The minimum atomic E-state index is -4.46. The molecule has 23 heavy (non-hydrogen) atoms. The Hall–Kier alpha value is -2.00. The van der Waals surface area contributed by atoms with E-state index in [0.717, 1.165) is 5.39 Å². The van der Waals surface area contributed by atoms with Gasteiger partial charge in [-0.25, -0.2) is 0 Å². The molecule has 0 atom stereocenters. The van der Waals surface area contributed by atoms with Gasteiger partial charge >= 0.3 is 0 Å². The molecule has 10 heteroatoms. The van der Waals surface area contributed by atoms with E-state index in [2.05, 4.69) is 20.3 Å². The van der Waals surface area contributed by atoms with Crippen LogP contribution < -0.4 is 5.32 Å². The Kier molecular flexibility index (Phi) is 4.07. The standard InChI is InChI=1S/C13H8Cl2N4O3S/c14-11-17-12(15)19-13(18-11)16-10-8-4-2-1-3-7(8)5-6-9(10)23(20,21)22/h1-6H,(H,20,21,22)(H,16,17,18,19). The van der Waals surface area contributed by atoms with Crippen LogP contribution in [0.4, 0.5) is 11.6 Å². The van der Waals surface area contributed by atoms with Crippen molar-refractivity contribution < 1.29 is 13.0 Å². The summed E-state index contributed by atoms with van der Waals surface area (Å²) in [6.45, 7) is 0. The Morgan fingerprint density at radius 1 is 0.957 bits per heavy atom. The normalized spacial score (nSPS) is 11.6. The summed E-state index contributed by atoms with van der Waals surface area (Å²) in [6, 6.07) is 9.88. The van der Waals surface area contributed by atoms with Gasteiger partial charge in [-0.2, -0.15) is 23.4 Å². The van der Waals surface area contributed by atoms with Crippen LogP contribution >= 0.6 is 23.2 Å². The van der Waals surface area contributed by atoms with E-state index in [1.54, 1.807) is 30.3 Å². The van der Waals surface area contributed by atoms with Crippen molar-refractivity contribution in [2.24, 2.45) is 0 Å². The van der Waals surface area contributed by atoms with Gasteiger partial charge < -0.3 is 5.32 Å². The lowest BCUT2D eigenvalue weighted by Gasteiger charge is -2.12. The number of anilines is 2. The molecule has 0 bridgehead atoms. The van der Waals surface area contributed by atoms with Gasteiger partial charge in [0.15, 0.2) is 0 Å². The van der Waals surface area contributed by atoms with Crippen LogP contribution in [0, 0.1) is 0 Å². The van der Waals surface area contributed by atoms with Crippen LogP contribution in [0.25, 0.3) is 10.8 Å². The van der Waals surface area contributed by atoms with Gasteiger partial charge in [-0.1, -0.05) is 30.3 Å². The first-order valence-corrected chi connectivity index (χ1v) is 8.37. The van der Waals surface area contributed by atoms with Crippen molar-refractivity contribution in [2.45, 2.75) is 4.90 Å². The third-order valence-electron chi connectivity index (χ3n) is 2.99. The summed E-state index contributed by atoms with van der Waals surface area (Å²) in [4.78, 5) is 11.0. The zero-order valence-electron chi connectivity index (χ0n) is 11.2. The highest BCUT2D eigenvalue weighted by Gasteiger charge is 2.19. The second-order valence-corrected chi connectivity index (χ2v) is 6.52. The molecule has 0 saturated carbocycles. The fourth-order valence-electron chi connectivity index (χ4n) is 2.09. The van der Waals surface area contributed by atoms with Gasteiger partial charge in [0, 0.05) is 5.39 Å². The topological polar surface area (TPSA) is 105 Å². The molecule has 0 aliphatic carbocycles. The molecule has 0 saturated heterocycles. The first-order valence-electron chi connectivity index (χ1n) is 6.18. The number of nitrogens with one attached hydrogen (secondary N) is 1. The van der Waals surface area contributed by atoms with Gasteiger partial charge in [-0.05, 0) is 34.7 Å². The first-order chi connectivity index (χ1) is 10.8. The number of aromatic nitrogens is 3. The van der Waals surface area contributed by atoms with Gasteiger partial charge in [0.25, 0.3) is 10.1 Å². The fraction of sp³-hybridized carbons (Fsp3) is 0. The molecule has 1 aromatic heterocycles. The molecule has 0 radical (unpaired) electrons. The average Bonchev–Trinajstić information content (AvgIpc) is 2.45. The van der Waals surface area contributed by atoms with Gasteiger partial charge in [0.05, 0.1) is 5.69 Å². The van der Waals surface area contributed by atoms with Crippen molar-refractivity contribution in [2.75, 3.05) is 5.32 Å². The van der Waals surface area contributed by atoms with Crippen LogP contribution in [-0.2, 0) is 10.1 Å². The Bertz CT molecular complexity index is 991. The van der Waals surface area contributed by atoms with E-state index in [1.807, 2.05) is 0 Å². The molecule has 1 heterocycles. The minimum absolute atomic E-state index is 0.0451. The maximum absolute atomic E-state index is 11.6. The molecule has 118 valence electrons. The largest absolute Gasteiger partial charge is 0.322 e. The minimum Gasteiger partial charge on any atom is -0.322 e. The Labute approximate surface area is 141 Å². The van der Waals surface area contributed by atoms with Crippen LogP contribution in [0.15, 0.2) is 41.3 Å². The summed E-state index contributed by atoms with van der Waals surface area (Å²) in [5.74, 6) is -0.0451. The predicted octanol–water partition coefficient (Wildman–Crippen LogP) is 3.32. The third-order valence-corrected chi connectivity index (χ3v) is 4.22. The van der Waals surface area contributed by atoms with Gasteiger partial charge in [-0.3, -0.25) is 4.55 Å². The lowest BCUT2D eigenvalue weighted by Crippen LogP contribution is -2.06. The smallest absolute Gasteiger partial charge is 0.296 e. The molecule has 7 nitrogen and oxygen atoms in total. The highest BCUT2D eigenvalue weighted by atomic mass is 35.5. The molecular weight excluding hydrogens is 363 g/mol. The fourth-order valence-corrected chi connectivity index (χ4v) is 3.11. The van der Waals surface area contributed by atoms with Crippen molar-refractivity contribution >= 4 is 55.7 Å². The molecule has 3 aromatic rings. The van der Waals surface area contributed by atoms with Crippen molar-refractivity contribution in [1.82, 2.24) is 15.0 Å². The Balaban J connectivity index is 2.25. The monoisotopic (exact) mass is 370 g/mol. The number of halogens is 2. The van der Waals surface area contributed by atoms with Crippen molar-refractivity contribution in [3.8, 4) is 0 Å². The number of hydrogen-bond donors (Lipinski definition) is 2. The molecule has 0 amide bonds. The quantitative estimate of drug-likeness (QED) is 0.681. The maximum atomic E-state index is 11.6. The molecule has 0 fully saturated rings. The van der Waals surface area contributed by atoms with Crippen LogP contribution in [0.2, 0.25) is 10.6 Å². The third kappa shape index (κ3) is 3.35. The van der Waals surface area contributed by atoms with Crippen molar-refractivity contribution in [3.63, 3.8) is 0 Å². The highest BCUT2D eigenvalue weighted by Crippen LogP contribution is 2.32. The number of benzene rings is 2. The predicted molar refractivity (Wildman–Crippen MR) is 86.9 cm³/mol. The van der Waals surface area contributed by atoms with Crippen molar-refractivity contribution in [1.29, 1.82) is 0 Å².